The molecule has 0 heterocycles. The molecular formula is C50H84NO9P. The number of phosphoric acid groups is 1. The summed E-state index contributed by atoms with van der Waals surface area (Å²) in [5.74, 6) is -1.82. The number of esters is 1. The van der Waals surface area contributed by atoms with Crippen LogP contribution in [0.5, 0.6) is 0 Å². The van der Waals surface area contributed by atoms with Crippen LogP contribution in [0, 0.1) is 0 Å². The SMILES string of the molecule is CC/C=C\C/C=C\C/C=C\C/C=C\C/C=C\C/C=C\CCCCCCC(=O)OC(COCCCCCCCC/C=C\C/C=C\CCCCC)COP(=O)(O)OCC(N)C(=O)O. The number of carbonyl (C=O) groups excluding carboxylic acids is 1. The molecular weight excluding hydrogens is 790 g/mol. The number of hydrogen-bond acceptors (Lipinski definition) is 8. The average Bonchev–Trinajstić information content (AvgIpc) is 3.24. The largest absolute Gasteiger partial charge is 0.480 e. The maximum absolute atomic E-state index is 12.7. The minimum atomic E-state index is -4.64. The van der Waals surface area contributed by atoms with E-state index < -0.39 is 45.1 Å². The van der Waals surface area contributed by atoms with Gasteiger partial charge in [0, 0.05) is 13.0 Å². The Bertz CT molecular complexity index is 1330. The van der Waals surface area contributed by atoms with Crippen LogP contribution in [-0.2, 0) is 32.7 Å². The second-order valence-electron chi connectivity index (χ2n) is 15.1. The van der Waals surface area contributed by atoms with Gasteiger partial charge < -0.3 is 25.2 Å². The van der Waals surface area contributed by atoms with Crippen LogP contribution in [-0.4, -0.2) is 60.5 Å². The van der Waals surface area contributed by atoms with Gasteiger partial charge >= 0.3 is 19.8 Å². The van der Waals surface area contributed by atoms with Crippen molar-refractivity contribution in [2.45, 2.75) is 180 Å². The van der Waals surface area contributed by atoms with E-state index >= 15 is 0 Å². The van der Waals surface area contributed by atoms with E-state index in [9.17, 15) is 19.0 Å². The number of carboxylic acid groups (broad SMARTS) is 1. The minimum Gasteiger partial charge on any atom is -0.480 e. The van der Waals surface area contributed by atoms with E-state index in [1.165, 1.54) is 44.9 Å². The molecule has 348 valence electrons. The molecule has 0 aromatic heterocycles. The molecule has 0 aliphatic heterocycles. The van der Waals surface area contributed by atoms with Gasteiger partial charge in [0.2, 0.25) is 0 Å². The zero-order valence-electron chi connectivity index (χ0n) is 38.0. The van der Waals surface area contributed by atoms with E-state index in [4.69, 9.17) is 29.4 Å². The molecule has 3 unspecified atom stereocenters. The second-order valence-corrected chi connectivity index (χ2v) is 16.6. The molecule has 0 radical (unpaired) electrons. The van der Waals surface area contributed by atoms with Crippen LogP contribution in [0.3, 0.4) is 0 Å². The molecule has 0 aliphatic carbocycles. The molecule has 10 nitrogen and oxygen atoms in total. The Morgan fingerprint density at radius 2 is 0.951 bits per heavy atom. The number of unbranched alkanes of at least 4 members (excludes halogenated alkanes) is 13. The quantitative estimate of drug-likeness (QED) is 0.0233. The van der Waals surface area contributed by atoms with Gasteiger partial charge in [0.1, 0.15) is 12.1 Å². The fourth-order valence-electron chi connectivity index (χ4n) is 5.75. The molecule has 4 N–H and O–H groups in total. The molecule has 3 atom stereocenters. The third kappa shape index (κ3) is 44.7. The number of allylic oxidation sites excluding steroid dienone is 16. The first-order valence-electron chi connectivity index (χ1n) is 23.3. The number of carboxylic acids is 1. The van der Waals surface area contributed by atoms with E-state index in [-0.39, 0.29) is 13.0 Å². The van der Waals surface area contributed by atoms with Crippen molar-refractivity contribution in [1.82, 2.24) is 0 Å². The van der Waals surface area contributed by atoms with Crippen LogP contribution in [0.1, 0.15) is 168 Å². The van der Waals surface area contributed by atoms with E-state index in [2.05, 4.69) is 111 Å². The van der Waals surface area contributed by atoms with Crippen molar-refractivity contribution in [2.24, 2.45) is 5.73 Å². The van der Waals surface area contributed by atoms with Gasteiger partial charge in [-0.15, -0.1) is 0 Å². The highest BCUT2D eigenvalue weighted by molar-refractivity contribution is 7.47. The normalized spacial score (nSPS) is 14.7. The lowest BCUT2D eigenvalue weighted by molar-refractivity contribution is -0.154. The molecule has 0 aromatic carbocycles. The Kier molecular flexibility index (Phi) is 42.6. The predicted octanol–water partition coefficient (Wildman–Crippen LogP) is 13.3. The summed E-state index contributed by atoms with van der Waals surface area (Å²) in [4.78, 5) is 33.6. The maximum atomic E-state index is 12.7. The molecule has 0 amide bonds. The van der Waals surface area contributed by atoms with Gasteiger partial charge in [-0.25, -0.2) is 4.57 Å². The number of rotatable bonds is 43. The summed E-state index contributed by atoms with van der Waals surface area (Å²) in [5.41, 5.74) is 5.36. The Balaban J connectivity index is 4.31. The first-order chi connectivity index (χ1) is 29.7. The number of nitrogens with two attached hydrogens (primary N) is 1. The maximum Gasteiger partial charge on any atom is 0.472 e. The number of hydrogen-bond donors (Lipinski definition) is 3. The summed E-state index contributed by atoms with van der Waals surface area (Å²) in [6.07, 6.45) is 58.8. The zero-order chi connectivity index (χ0) is 44.8. The van der Waals surface area contributed by atoms with Crippen molar-refractivity contribution >= 4 is 19.8 Å². The van der Waals surface area contributed by atoms with Gasteiger partial charge in [0.05, 0.1) is 19.8 Å². The number of aliphatic carboxylic acids is 1. The lowest BCUT2D eigenvalue weighted by Crippen LogP contribution is -2.34. The van der Waals surface area contributed by atoms with Crippen molar-refractivity contribution in [2.75, 3.05) is 26.4 Å². The Labute approximate surface area is 370 Å². The molecule has 0 spiro atoms. The summed E-state index contributed by atoms with van der Waals surface area (Å²) in [6.45, 7) is 3.67. The molecule has 61 heavy (non-hydrogen) atoms. The lowest BCUT2D eigenvalue weighted by atomic mass is 10.1. The first kappa shape index (κ1) is 57.9. The average molecular weight is 874 g/mol. The summed E-state index contributed by atoms with van der Waals surface area (Å²) in [6, 6.07) is -1.49. The molecule has 0 fully saturated rings. The van der Waals surface area contributed by atoms with Crippen molar-refractivity contribution in [3.63, 3.8) is 0 Å². The highest BCUT2D eigenvalue weighted by Gasteiger charge is 2.27. The minimum absolute atomic E-state index is 0.00734. The summed E-state index contributed by atoms with van der Waals surface area (Å²) < 4.78 is 33.4. The van der Waals surface area contributed by atoms with E-state index in [1.807, 2.05) is 0 Å². The summed E-state index contributed by atoms with van der Waals surface area (Å²) in [5, 5.41) is 8.91. The third-order valence-corrected chi connectivity index (χ3v) is 10.3. The van der Waals surface area contributed by atoms with E-state index in [1.54, 1.807) is 0 Å². The number of ether oxygens (including phenoxy) is 2. The molecule has 0 saturated heterocycles. The molecule has 0 rings (SSSR count). The molecule has 0 bridgehead atoms. The van der Waals surface area contributed by atoms with Gasteiger partial charge in [0.25, 0.3) is 0 Å². The van der Waals surface area contributed by atoms with Crippen LogP contribution in [0.2, 0.25) is 0 Å². The predicted molar refractivity (Wildman–Crippen MR) is 253 cm³/mol. The van der Waals surface area contributed by atoms with Crippen LogP contribution in [0.15, 0.2) is 97.2 Å². The summed E-state index contributed by atoms with van der Waals surface area (Å²) >= 11 is 0. The smallest absolute Gasteiger partial charge is 0.472 e. The molecule has 0 aromatic rings. The Morgan fingerprint density at radius 1 is 0.541 bits per heavy atom. The Morgan fingerprint density at radius 3 is 1.43 bits per heavy atom. The third-order valence-electron chi connectivity index (χ3n) is 9.35. The lowest BCUT2D eigenvalue weighted by Gasteiger charge is -2.20. The fraction of sp³-hybridized carbons (Fsp3) is 0.640. The van der Waals surface area contributed by atoms with Gasteiger partial charge in [-0.2, -0.15) is 0 Å². The molecule has 0 saturated carbocycles. The highest BCUT2D eigenvalue weighted by atomic mass is 31.2. The topological polar surface area (TPSA) is 155 Å². The monoisotopic (exact) mass is 874 g/mol. The first-order valence-corrected chi connectivity index (χ1v) is 24.8. The van der Waals surface area contributed by atoms with Crippen LogP contribution in [0.4, 0.5) is 0 Å². The van der Waals surface area contributed by atoms with E-state index in [0.717, 1.165) is 96.3 Å². The van der Waals surface area contributed by atoms with Crippen LogP contribution in [0.25, 0.3) is 0 Å². The summed E-state index contributed by atoms with van der Waals surface area (Å²) in [7, 11) is -4.64. The number of carbonyl (C=O) groups is 2. The van der Waals surface area contributed by atoms with E-state index in [0.29, 0.717) is 13.0 Å². The van der Waals surface area contributed by atoms with Gasteiger partial charge in [0.15, 0.2) is 0 Å². The van der Waals surface area contributed by atoms with Crippen LogP contribution < -0.4 is 5.73 Å². The standard InChI is InChI=1S/C50H84NO9P/c1-3-5-7-9-11-13-15-17-19-21-22-23-24-25-26-27-28-30-32-34-36-38-40-42-49(52)60-47(45-58-61(55,56)59-46-48(51)50(53)54)44-57-43-41-39-37-35-33-31-29-20-18-16-14-12-10-8-6-4-2/h5,7,11-14,17-20,22-23,25-26,28,30,47-48H,3-4,6,8-10,15-16,21,24,27,29,31-46,51H2,1-2H3,(H,53,54)(H,55,56)/b7-5-,13-11-,14-12-,19-17-,20-18-,23-22-,26-25-,30-28-. The van der Waals surface area contributed by atoms with Crippen molar-refractivity contribution in [3.8, 4) is 0 Å². The van der Waals surface area contributed by atoms with Crippen LogP contribution >= 0.6 is 7.82 Å². The molecule has 11 heteroatoms. The zero-order valence-corrected chi connectivity index (χ0v) is 38.9. The van der Waals surface area contributed by atoms with Gasteiger partial charge in [-0.05, 0) is 96.3 Å². The van der Waals surface area contributed by atoms with Crippen molar-refractivity contribution in [3.05, 3.63) is 97.2 Å². The van der Waals surface area contributed by atoms with Crippen molar-refractivity contribution in [1.29, 1.82) is 0 Å². The molecule has 0 aliphatic rings. The fourth-order valence-corrected chi connectivity index (χ4v) is 6.53. The highest BCUT2D eigenvalue weighted by Crippen LogP contribution is 2.43. The Hall–Kier alpha value is -3.11. The van der Waals surface area contributed by atoms with Gasteiger partial charge in [-0.1, -0.05) is 162 Å². The van der Waals surface area contributed by atoms with Gasteiger partial charge in [-0.3, -0.25) is 18.6 Å². The van der Waals surface area contributed by atoms with Crippen molar-refractivity contribution < 1.29 is 42.7 Å². The second kappa shape index (κ2) is 44.9. The number of phosphoric ester groups is 1.